The van der Waals surface area contributed by atoms with Crippen molar-refractivity contribution in [2.75, 3.05) is 5.73 Å². The highest BCUT2D eigenvalue weighted by atomic mass is 16.5. The van der Waals surface area contributed by atoms with Crippen LogP contribution in [0.15, 0.2) is 16.9 Å². The molecule has 2 rings (SSSR count). The Morgan fingerprint density at radius 3 is 2.88 bits per heavy atom. The van der Waals surface area contributed by atoms with Gasteiger partial charge < -0.3 is 15.6 Å². The van der Waals surface area contributed by atoms with Crippen molar-refractivity contribution < 1.29 is 9.32 Å². The van der Waals surface area contributed by atoms with E-state index in [0.29, 0.717) is 11.7 Å². The summed E-state index contributed by atoms with van der Waals surface area (Å²) in [6, 6.07) is 0. The first-order valence-corrected chi connectivity index (χ1v) is 4.80. The Hall–Kier alpha value is -2.51. The fraction of sp³-hybridized carbons (Fsp3) is 0.222. The lowest BCUT2D eigenvalue weighted by molar-refractivity contribution is 0.0944. The molecule has 0 aromatic carbocycles. The monoisotopic (exact) mass is 234 g/mol. The molecule has 0 spiro atoms. The van der Waals surface area contributed by atoms with E-state index in [1.54, 1.807) is 6.92 Å². The number of nitrogen functional groups attached to an aromatic ring is 1. The van der Waals surface area contributed by atoms with E-state index in [2.05, 4.69) is 25.4 Å². The van der Waals surface area contributed by atoms with Crippen molar-refractivity contribution >= 4 is 11.7 Å². The zero-order chi connectivity index (χ0) is 12.3. The number of carbonyl (C=O) groups excluding carboxylic acids is 1. The van der Waals surface area contributed by atoms with Crippen molar-refractivity contribution in [1.82, 2.24) is 25.4 Å². The molecule has 0 unspecified atom stereocenters. The molecule has 0 aliphatic heterocycles. The van der Waals surface area contributed by atoms with Crippen LogP contribution in [0.3, 0.4) is 0 Å². The topological polar surface area (TPSA) is 120 Å². The van der Waals surface area contributed by atoms with E-state index in [1.165, 1.54) is 12.4 Å². The quantitative estimate of drug-likeness (QED) is 0.746. The van der Waals surface area contributed by atoms with Crippen LogP contribution in [0.4, 0.5) is 5.82 Å². The largest absolute Gasteiger partial charge is 0.382 e. The first-order chi connectivity index (χ1) is 8.15. The normalized spacial score (nSPS) is 10.2. The zero-order valence-corrected chi connectivity index (χ0v) is 9.04. The number of nitrogens with zero attached hydrogens (tertiary/aromatic N) is 4. The minimum absolute atomic E-state index is 0.169. The van der Waals surface area contributed by atoms with Gasteiger partial charge in [-0.1, -0.05) is 5.16 Å². The van der Waals surface area contributed by atoms with Gasteiger partial charge in [0.2, 0.25) is 5.89 Å². The van der Waals surface area contributed by atoms with Crippen LogP contribution in [-0.2, 0) is 6.54 Å². The second-order valence-corrected chi connectivity index (χ2v) is 3.24. The van der Waals surface area contributed by atoms with E-state index in [4.69, 9.17) is 10.3 Å². The summed E-state index contributed by atoms with van der Waals surface area (Å²) in [7, 11) is 0. The molecule has 8 nitrogen and oxygen atoms in total. The minimum Gasteiger partial charge on any atom is -0.382 e. The number of anilines is 1. The standard InChI is InChI=1S/C9H10N6O2/c1-5-14-8(15-17-5)4-13-9(16)6-2-12-7(10)3-11-6/h2-3H,4H2,1H3,(H2,10,12)(H,13,16). The molecule has 17 heavy (non-hydrogen) atoms. The Morgan fingerprint density at radius 2 is 2.29 bits per heavy atom. The summed E-state index contributed by atoms with van der Waals surface area (Å²) in [5.41, 5.74) is 5.54. The summed E-state index contributed by atoms with van der Waals surface area (Å²) in [4.78, 5) is 23.1. The molecule has 0 aliphatic rings. The smallest absolute Gasteiger partial charge is 0.271 e. The Balaban J connectivity index is 1.95. The second-order valence-electron chi connectivity index (χ2n) is 3.24. The highest BCUT2D eigenvalue weighted by molar-refractivity contribution is 5.91. The van der Waals surface area contributed by atoms with Crippen molar-refractivity contribution in [2.24, 2.45) is 0 Å². The molecule has 0 saturated carbocycles. The highest BCUT2D eigenvalue weighted by Crippen LogP contribution is 1.98. The Bertz CT molecular complexity index is 521. The minimum atomic E-state index is -0.375. The predicted octanol–water partition coefficient (Wildman–Crippen LogP) is -0.320. The molecule has 88 valence electrons. The number of nitrogens with two attached hydrogens (primary N) is 1. The number of aromatic nitrogens is 4. The Kier molecular flexibility index (Phi) is 2.95. The van der Waals surface area contributed by atoms with Crippen LogP contribution >= 0.6 is 0 Å². The lowest BCUT2D eigenvalue weighted by Crippen LogP contribution is -2.24. The van der Waals surface area contributed by atoms with Gasteiger partial charge in [0.25, 0.3) is 5.91 Å². The van der Waals surface area contributed by atoms with Crippen LogP contribution < -0.4 is 11.1 Å². The van der Waals surface area contributed by atoms with Gasteiger partial charge in [0.1, 0.15) is 11.5 Å². The van der Waals surface area contributed by atoms with Gasteiger partial charge in [0.15, 0.2) is 5.82 Å². The molecule has 2 aromatic heterocycles. The molecule has 0 aliphatic carbocycles. The second kappa shape index (κ2) is 4.56. The molecule has 0 atom stereocenters. The third kappa shape index (κ3) is 2.74. The summed E-state index contributed by atoms with van der Waals surface area (Å²) in [6.45, 7) is 1.84. The Morgan fingerprint density at radius 1 is 1.47 bits per heavy atom. The number of hydrogen-bond donors (Lipinski definition) is 2. The summed E-state index contributed by atoms with van der Waals surface area (Å²) in [6.07, 6.45) is 2.61. The van der Waals surface area contributed by atoms with Crippen molar-refractivity contribution in [2.45, 2.75) is 13.5 Å². The van der Waals surface area contributed by atoms with Crippen LogP contribution in [-0.4, -0.2) is 26.0 Å². The molecular formula is C9H10N6O2. The molecule has 0 bridgehead atoms. The van der Waals surface area contributed by atoms with Crippen LogP contribution in [0.2, 0.25) is 0 Å². The van der Waals surface area contributed by atoms with Crippen molar-refractivity contribution in [3.8, 4) is 0 Å². The molecule has 0 radical (unpaired) electrons. The average Bonchev–Trinajstić information content (AvgIpc) is 2.73. The third-order valence-corrected chi connectivity index (χ3v) is 1.88. The third-order valence-electron chi connectivity index (χ3n) is 1.88. The number of amides is 1. The van der Waals surface area contributed by atoms with E-state index in [9.17, 15) is 4.79 Å². The Labute approximate surface area is 96.3 Å². The van der Waals surface area contributed by atoms with Gasteiger partial charge in [-0.05, 0) is 0 Å². The predicted molar refractivity (Wildman–Crippen MR) is 56.6 cm³/mol. The molecule has 2 heterocycles. The molecule has 8 heteroatoms. The van der Waals surface area contributed by atoms with Crippen LogP contribution in [0.1, 0.15) is 22.2 Å². The first-order valence-electron chi connectivity index (χ1n) is 4.80. The number of nitrogens with one attached hydrogen (secondary N) is 1. The lowest BCUT2D eigenvalue weighted by atomic mass is 10.4. The molecular weight excluding hydrogens is 224 g/mol. The van der Waals surface area contributed by atoms with Gasteiger partial charge in [-0.3, -0.25) is 4.79 Å². The van der Waals surface area contributed by atoms with Gasteiger partial charge in [-0.15, -0.1) is 0 Å². The van der Waals surface area contributed by atoms with Gasteiger partial charge in [0, 0.05) is 6.92 Å². The molecule has 3 N–H and O–H groups in total. The lowest BCUT2D eigenvalue weighted by Gasteiger charge is -2.00. The maximum atomic E-state index is 11.6. The molecule has 0 fully saturated rings. The van der Waals surface area contributed by atoms with E-state index >= 15 is 0 Å². The van der Waals surface area contributed by atoms with Gasteiger partial charge >= 0.3 is 0 Å². The number of aryl methyl sites for hydroxylation is 1. The SMILES string of the molecule is Cc1nc(CNC(=O)c2cnc(N)cn2)no1. The van der Waals surface area contributed by atoms with Gasteiger partial charge in [0.05, 0.1) is 18.9 Å². The summed E-state index contributed by atoms with van der Waals surface area (Å²) >= 11 is 0. The maximum absolute atomic E-state index is 11.6. The fourth-order valence-electron chi connectivity index (χ4n) is 1.12. The summed E-state index contributed by atoms with van der Waals surface area (Å²) in [5, 5.41) is 6.22. The molecule has 0 saturated heterocycles. The number of rotatable bonds is 3. The maximum Gasteiger partial charge on any atom is 0.271 e. The first kappa shape index (κ1) is 11.0. The average molecular weight is 234 g/mol. The molecule has 1 amide bonds. The van der Waals surface area contributed by atoms with E-state index < -0.39 is 0 Å². The van der Waals surface area contributed by atoms with Crippen LogP contribution in [0.5, 0.6) is 0 Å². The number of carbonyl (C=O) groups is 1. The van der Waals surface area contributed by atoms with Crippen molar-refractivity contribution in [1.29, 1.82) is 0 Å². The van der Waals surface area contributed by atoms with Crippen LogP contribution in [0.25, 0.3) is 0 Å². The van der Waals surface area contributed by atoms with Crippen molar-refractivity contribution in [3.63, 3.8) is 0 Å². The summed E-state index contributed by atoms with van der Waals surface area (Å²) in [5.74, 6) is 0.732. The van der Waals surface area contributed by atoms with Gasteiger partial charge in [-0.25, -0.2) is 9.97 Å². The van der Waals surface area contributed by atoms with E-state index in [0.717, 1.165) is 0 Å². The fourth-order valence-corrected chi connectivity index (χ4v) is 1.12. The van der Waals surface area contributed by atoms with Crippen molar-refractivity contribution in [3.05, 3.63) is 29.8 Å². The van der Waals surface area contributed by atoms with Crippen LogP contribution in [0, 0.1) is 6.92 Å². The molecule has 2 aromatic rings. The van der Waals surface area contributed by atoms with Gasteiger partial charge in [-0.2, -0.15) is 4.98 Å². The highest BCUT2D eigenvalue weighted by Gasteiger charge is 2.09. The van der Waals surface area contributed by atoms with E-state index in [1.807, 2.05) is 0 Å². The van der Waals surface area contributed by atoms with E-state index in [-0.39, 0.29) is 24.0 Å². The zero-order valence-electron chi connectivity index (χ0n) is 9.04. The number of hydrogen-bond acceptors (Lipinski definition) is 7. The summed E-state index contributed by atoms with van der Waals surface area (Å²) < 4.78 is 4.76.